The van der Waals surface area contributed by atoms with Crippen molar-refractivity contribution >= 4 is 0 Å². The molecule has 0 spiro atoms. The number of rotatable bonds is 8. The van der Waals surface area contributed by atoms with Crippen molar-refractivity contribution in [3.05, 3.63) is 0 Å². The van der Waals surface area contributed by atoms with Gasteiger partial charge in [0.05, 0.1) is 6.10 Å². The summed E-state index contributed by atoms with van der Waals surface area (Å²) in [6.45, 7) is 10.2. The zero-order chi connectivity index (χ0) is 11.8. The van der Waals surface area contributed by atoms with Gasteiger partial charge in [0.1, 0.15) is 0 Å². The highest BCUT2D eigenvalue weighted by Crippen LogP contribution is 2.20. The summed E-state index contributed by atoms with van der Waals surface area (Å²) in [5.41, 5.74) is 0. The Morgan fingerprint density at radius 3 is 2.69 bits per heavy atom. The monoisotopic (exact) mass is 227 g/mol. The zero-order valence-electron chi connectivity index (χ0n) is 11.3. The fourth-order valence-electron chi connectivity index (χ4n) is 2.32. The van der Waals surface area contributed by atoms with Gasteiger partial charge in [-0.3, -0.25) is 0 Å². The number of ether oxygens (including phenoxy) is 1. The van der Waals surface area contributed by atoms with Gasteiger partial charge in [-0.15, -0.1) is 0 Å². The molecule has 2 atom stereocenters. The normalized spacial score (nSPS) is 22.9. The lowest BCUT2D eigenvalue weighted by Crippen LogP contribution is -2.26. The lowest BCUT2D eigenvalue weighted by Gasteiger charge is -2.18. The molecule has 2 heteroatoms. The SMILES string of the molecule is CCC(CCC1CCCO1)CNCC(C)C. The molecule has 96 valence electrons. The summed E-state index contributed by atoms with van der Waals surface area (Å²) in [4.78, 5) is 0. The van der Waals surface area contributed by atoms with Gasteiger partial charge in [0, 0.05) is 6.61 Å². The first-order valence-electron chi connectivity index (χ1n) is 7.04. The second-order valence-electron chi connectivity index (χ2n) is 5.54. The molecule has 0 aromatic rings. The smallest absolute Gasteiger partial charge is 0.0576 e. The van der Waals surface area contributed by atoms with Gasteiger partial charge in [-0.2, -0.15) is 0 Å². The van der Waals surface area contributed by atoms with Crippen LogP contribution in [0.25, 0.3) is 0 Å². The fourth-order valence-corrected chi connectivity index (χ4v) is 2.32. The Morgan fingerprint density at radius 1 is 1.31 bits per heavy atom. The van der Waals surface area contributed by atoms with Gasteiger partial charge in [0.15, 0.2) is 0 Å². The molecule has 0 aliphatic carbocycles. The Bertz CT molecular complexity index is 164. The van der Waals surface area contributed by atoms with Crippen LogP contribution in [0.4, 0.5) is 0 Å². The van der Waals surface area contributed by atoms with E-state index in [1.54, 1.807) is 0 Å². The van der Waals surface area contributed by atoms with E-state index in [1.165, 1.54) is 38.6 Å². The van der Waals surface area contributed by atoms with Gasteiger partial charge >= 0.3 is 0 Å². The molecule has 0 aromatic carbocycles. The van der Waals surface area contributed by atoms with Gasteiger partial charge < -0.3 is 10.1 Å². The van der Waals surface area contributed by atoms with Crippen LogP contribution in [0.1, 0.15) is 52.9 Å². The van der Waals surface area contributed by atoms with Crippen molar-refractivity contribution in [2.24, 2.45) is 11.8 Å². The van der Waals surface area contributed by atoms with Gasteiger partial charge in [-0.1, -0.05) is 27.2 Å². The average molecular weight is 227 g/mol. The first-order valence-corrected chi connectivity index (χ1v) is 7.04. The molecule has 1 aliphatic rings. The van der Waals surface area contributed by atoms with Crippen LogP contribution < -0.4 is 5.32 Å². The predicted octanol–water partition coefficient (Wildman–Crippen LogP) is 3.22. The first-order chi connectivity index (χ1) is 7.72. The van der Waals surface area contributed by atoms with Gasteiger partial charge in [0.2, 0.25) is 0 Å². The van der Waals surface area contributed by atoms with E-state index in [0.717, 1.165) is 25.0 Å². The van der Waals surface area contributed by atoms with E-state index >= 15 is 0 Å². The van der Waals surface area contributed by atoms with E-state index in [0.29, 0.717) is 6.10 Å². The average Bonchev–Trinajstić information content (AvgIpc) is 2.75. The minimum atomic E-state index is 0.569. The summed E-state index contributed by atoms with van der Waals surface area (Å²) in [6.07, 6.45) is 7.01. The molecule has 16 heavy (non-hydrogen) atoms. The Kier molecular flexibility index (Phi) is 7.06. The van der Waals surface area contributed by atoms with E-state index in [4.69, 9.17) is 4.74 Å². The molecule has 1 N–H and O–H groups in total. The number of hydrogen-bond acceptors (Lipinski definition) is 2. The van der Waals surface area contributed by atoms with Crippen LogP contribution in [-0.4, -0.2) is 25.8 Å². The van der Waals surface area contributed by atoms with Crippen LogP contribution in [0.3, 0.4) is 0 Å². The highest BCUT2D eigenvalue weighted by Gasteiger charge is 2.17. The molecule has 0 aromatic heterocycles. The summed E-state index contributed by atoms with van der Waals surface area (Å²) in [5, 5.41) is 3.57. The Morgan fingerprint density at radius 2 is 2.12 bits per heavy atom. The van der Waals surface area contributed by atoms with Crippen LogP contribution >= 0.6 is 0 Å². The fraction of sp³-hybridized carbons (Fsp3) is 1.00. The Hall–Kier alpha value is -0.0800. The topological polar surface area (TPSA) is 21.3 Å². The molecule has 0 saturated carbocycles. The van der Waals surface area contributed by atoms with Crippen LogP contribution in [-0.2, 0) is 4.74 Å². The Balaban J connectivity index is 2.05. The third-order valence-corrected chi connectivity index (χ3v) is 3.48. The van der Waals surface area contributed by atoms with E-state index in [9.17, 15) is 0 Å². The minimum Gasteiger partial charge on any atom is -0.378 e. The van der Waals surface area contributed by atoms with Gasteiger partial charge in [0.25, 0.3) is 0 Å². The third-order valence-electron chi connectivity index (χ3n) is 3.48. The molecule has 1 heterocycles. The second kappa shape index (κ2) is 8.08. The lowest BCUT2D eigenvalue weighted by molar-refractivity contribution is 0.0977. The summed E-state index contributed by atoms with van der Waals surface area (Å²) in [6, 6.07) is 0. The summed E-state index contributed by atoms with van der Waals surface area (Å²) in [5.74, 6) is 1.60. The number of nitrogens with one attached hydrogen (secondary N) is 1. The minimum absolute atomic E-state index is 0.569. The Labute approximate surface area is 101 Å². The van der Waals surface area contributed by atoms with Crippen LogP contribution in [0.15, 0.2) is 0 Å². The first kappa shape index (κ1) is 14.0. The molecule has 1 aliphatic heterocycles. The highest BCUT2D eigenvalue weighted by atomic mass is 16.5. The van der Waals surface area contributed by atoms with Crippen LogP contribution in [0.2, 0.25) is 0 Å². The van der Waals surface area contributed by atoms with Crippen molar-refractivity contribution in [1.82, 2.24) is 5.32 Å². The molecule has 0 bridgehead atoms. The predicted molar refractivity (Wildman–Crippen MR) is 69.7 cm³/mol. The summed E-state index contributed by atoms with van der Waals surface area (Å²) >= 11 is 0. The van der Waals surface area contributed by atoms with Crippen molar-refractivity contribution in [3.63, 3.8) is 0 Å². The van der Waals surface area contributed by atoms with Crippen LogP contribution in [0.5, 0.6) is 0 Å². The summed E-state index contributed by atoms with van der Waals surface area (Å²) < 4.78 is 5.67. The lowest BCUT2D eigenvalue weighted by atomic mass is 9.97. The van der Waals surface area contributed by atoms with E-state index < -0.39 is 0 Å². The standard InChI is InChI=1S/C14H29NO/c1-4-13(11-15-10-12(2)3)7-8-14-6-5-9-16-14/h12-15H,4-11H2,1-3H3. The molecule has 2 nitrogen and oxygen atoms in total. The van der Waals surface area contributed by atoms with Gasteiger partial charge in [-0.25, -0.2) is 0 Å². The van der Waals surface area contributed by atoms with Crippen molar-refractivity contribution in [2.75, 3.05) is 19.7 Å². The molecule has 1 rings (SSSR count). The molecule has 0 amide bonds. The number of hydrogen-bond donors (Lipinski definition) is 1. The maximum absolute atomic E-state index is 5.67. The van der Waals surface area contributed by atoms with Crippen molar-refractivity contribution in [2.45, 2.75) is 59.0 Å². The maximum Gasteiger partial charge on any atom is 0.0576 e. The molecule has 2 unspecified atom stereocenters. The highest BCUT2D eigenvalue weighted by molar-refractivity contribution is 4.69. The quantitative estimate of drug-likeness (QED) is 0.687. The molecule has 1 fully saturated rings. The third kappa shape index (κ3) is 5.86. The van der Waals surface area contributed by atoms with Crippen LogP contribution in [0, 0.1) is 11.8 Å². The summed E-state index contributed by atoms with van der Waals surface area (Å²) in [7, 11) is 0. The largest absolute Gasteiger partial charge is 0.378 e. The van der Waals surface area contributed by atoms with Gasteiger partial charge in [-0.05, 0) is 50.6 Å². The zero-order valence-corrected chi connectivity index (χ0v) is 11.3. The molecular formula is C14H29NO. The molecule has 0 radical (unpaired) electrons. The molecule has 1 saturated heterocycles. The van der Waals surface area contributed by atoms with E-state index in [-0.39, 0.29) is 0 Å². The second-order valence-corrected chi connectivity index (χ2v) is 5.54. The maximum atomic E-state index is 5.67. The van der Waals surface area contributed by atoms with Crippen molar-refractivity contribution in [3.8, 4) is 0 Å². The van der Waals surface area contributed by atoms with E-state index in [1.807, 2.05) is 0 Å². The van der Waals surface area contributed by atoms with Crippen molar-refractivity contribution < 1.29 is 4.74 Å². The molecular weight excluding hydrogens is 198 g/mol. The van der Waals surface area contributed by atoms with Crippen molar-refractivity contribution in [1.29, 1.82) is 0 Å². The van der Waals surface area contributed by atoms with E-state index in [2.05, 4.69) is 26.1 Å².